The van der Waals surface area contributed by atoms with Gasteiger partial charge in [0.1, 0.15) is 46.3 Å². The minimum atomic E-state index is -0.909. The average molecular weight is 583 g/mol. The Hall–Kier alpha value is -3.80. The van der Waals surface area contributed by atoms with Gasteiger partial charge in [-0.1, -0.05) is 78.9 Å². The van der Waals surface area contributed by atoms with E-state index in [0.717, 1.165) is 29.7 Å². The zero-order valence-electron chi connectivity index (χ0n) is 26.5. The predicted molar refractivity (Wildman–Crippen MR) is 173 cm³/mol. The van der Waals surface area contributed by atoms with Crippen LogP contribution in [0.25, 0.3) is 0 Å². The molecule has 0 radical (unpaired) electrons. The lowest BCUT2D eigenvalue weighted by Crippen LogP contribution is -2.35. The van der Waals surface area contributed by atoms with Crippen molar-refractivity contribution in [3.05, 3.63) is 125 Å². The Morgan fingerprint density at radius 2 is 0.930 bits per heavy atom. The Kier molecular flexibility index (Phi) is 9.89. The molecule has 2 atom stereocenters. The van der Waals surface area contributed by atoms with Crippen LogP contribution < -0.4 is 14.2 Å². The highest BCUT2D eigenvalue weighted by atomic mass is 16.5. The Balaban J connectivity index is 1.41. The number of hydrogen-bond acceptors (Lipinski definition) is 5. The number of para-hydroxylation sites is 2. The molecule has 0 amide bonds. The Bertz CT molecular complexity index is 1450. The molecule has 0 aromatic heterocycles. The average Bonchev–Trinajstić information content (AvgIpc) is 2.96. The Morgan fingerprint density at radius 1 is 0.488 bits per heavy atom. The molecule has 2 unspecified atom stereocenters. The zero-order valence-corrected chi connectivity index (χ0v) is 26.5. The lowest BCUT2D eigenvalue weighted by Gasteiger charge is -2.33. The lowest BCUT2D eigenvalue weighted by atomic mass is 9.93. The van der Waals surface area contributed by atoms with Gasteiger partial charge in [-0.3, -0.25) is 0 Å². The van der Waals surface area contributed by atoms with Gasteiger partial charge in [0.25, 0.3) is 0 Å². The predicted octanol–water partition coefficient (Wildman–Crippen LogP) is 8.82. The summed E-state index contributed by atoms with van der Waals surface area (Å²) in [5.41, 5.74) is 1.68. The molecular weight excluding hydrogens is 536 g/mol. The van der Waals surface area contributed by atoms with Gasteiger partial charge < -0.3 is 24.4 Å². The van der Waals surface area contributed by atoms with Crippen molar-refractivity contribution in [2.45, 2.75) is 90.3 Å². The van der Waals surface area contributed by atoms with Crippen molar-refractivity contribution in [1.82, 2.24) is 0 Å². The van der Waals surface area contributed by atoms with E-state index < -0.39 is 29.0 Å². The molecule has 0 aliphatic carbocycles. The number of aliphatic hydroxyl groups excluding tert-OH is 2. The number of aliphatic hydroxyl groups is 2. The van der Waals surface area contributed by atoms with Gasteiger partial charge >= 0.3 is 0 Å². The quantitative estimate of drug-likeness (QED) is 0.175. The molecule has 2 N–H and O–H groups in total. The third-order valence-corrected chi connectivity index (χ3v) is 7.26. The summed E-state index contributed by atoms with van der Waals surface area (Å²) in [6.07, 6.45) is -0.129. The van der Waals surface area contributed by atoms with E-state index in [1.165, 1.54) is 0 Å². The molecule has 4 aromatic rings. The van der Waals surface area contributed by atoms with Gasteiger partial charge in [-0.05, 0) is 96.7 Å². The maximum absolute atomic E-state index is 11.5. The van der Waals surface area contributed by atoms with Crippen LogP contribution in [0.1, 0.15) is 95.8 Å². The van der Waals surface area contributed by atoms with E-state index in [1.807, 2.05) is 124 Å². The molecule has 0 heterocycles. The van der Waals surface area contributed by atoms with E-state index in [-0.39, 0.29) is 0 Å². The monoisotopic (exact) mass is 582 g/mol. The summed E-state index contributed by atoms with van der Waals surface area (Å²) >= 11 is 0. The highest BCUT2D eigenvalue weighted by molar-refractivity contribution is 5.45. The fraction of sp³-hybridized carbons (Fsp3) is 0.368. The lowest BCUT2D eigenvalue weighted by molar-refractivity contribution is 0.0432. The second-order valence-electron chi connectivity index (χ2n) is 13.3. The van der Waals surface area contributed by atoms with Gasteiger partial charge in [0.2, 0.25) is 0 Å². The fourth-order valence-corrected chi connectivity index (χ4v) is 4.96. The first kappa shape index (κ1) is 32.1. The van der Waals surface area contributed by atoms with Crippen molar-refractivity contribution in [3.63, 3.8) is 0 Å². The van der Waals surface area contributed by atoms with Crippen LogP contribution in [0.15, 0.2) is 103 Å². The first-order chi connectivity index (χ1) is 20.2. The van der Waals surface area contributed by atoms with Crippen molar-refractivity contribution in [1.29, 1.82) is 0 Å². The van der Waals surface area contributed by atoms with Crippen molar-refractivity contribution < 1.29 is 24.4 Å². The molecule has 43 heavy (non-hydrogen) atoms. The second kappa shape index (κ2) is 13.2. The molecule has 5 heteroatoms. The summed E-state index contributed by atoms with van der Waals surface area (Å²) in [6.45, 7) is 14.2. The SMILES string of the molecule is CC(C)(C)Oc1ccccc1C(O)c1ccccc1OC(C)(C)CCC(C)(C)Oc1ccc(C(O)c2ccccc2)cc1. The molecule has 0 aliphatic heterocycles. The van der Waals surface area contributed by atoms with Crippen LogP contribution in [0.4, 0.5) is 0 Å². The van der Waals surface area contributed by atoms with Crippen LogP contribution in [-0.4, -0.2) is 27.0 Å². The van der Waals surface area contributed by atoms with Crippen LogP contribution in [0.3, 0.4) is 0 Å². The molecule has 228 valence electrons. The van der Waals surface area contributed by atoms with Crippen LogP contribution in [0.5, 0.6) is 17.2 Å². The van der Waals surface area contributed by atoms with E-state index >= 15 is 0 Å². The van der Waals surface area contributed by atoms with Gasteiger partial charge in [-0.25, -0.2) is 0 Å². The van der Waals surface area contributed by atoms with E-state index in [0.29, 0.717) is 22.6 Å². The molecule has 0 bridgehead atoms. The summed E-state index contributed by atoms with van der Waals surface area (Å²) in [5.74, 6) is 2.03. The molecular formula is C38H46O5. The van der Waals surface area contributed by atoms with Crippen molar-refractivity contribution in [3.8, 4) is 17.2 Å². The van der Waals surface area contributed by atoms with Gasteiger partial charge in [0.15, 0.2) is 0 Å². The molecule has 0 fully saturated rings. The van der Waals surface area contributed by atoms with E-state index in [4.69, 9.17) is 14.2 Å². The molecule has 0 spiro atoms. The summed E-state index contributed by atoms with van der Waals surface area (Å²) in [7, 11) is 0. The van der Waals surface area contributed by atoms with Gasteiger partial charge in [-0.15, -0.1) is 0 Å². The van der Waals surface area contributed by atoms with Crippen molar-refractivity contribution in [2.24, 2.45) is 0 Å². The Labute approximate surface area is 257 Å². The Morgan fingerprint density at radius 3 is 1.47 bits per heavy atom. The third-order valence-electron chi connectivity index (χ3n) is 7.26. The minimum Gasteiger partial charge on any atom is -0.488 e. The summed E-state index contributed by atoms with van der Waals surface area (Å²) < 4.78 is 19.1. The first-order valence-corrected chi connectivity index (χ1v) is 15.0. The fourth-order valence-electron chi connectivity index (χ4n) is 4.96. The maximum Gasteiger partial charge on any atom is 0.126 e. The molecule has 4 aromatic carbocycles. The summed E-state index contributed by atoms with van der Waals surface area (Å²) in [6, 6.07) is 32.5. The number of hydrogen-bond donors (Lipinski definition) is 2. The topological polar surface area (TPSA) is 68.2 Å². The van der Waals surface area contributed by atoms with Crippen molar-refractivity contribution >= 4 is 0 Å². The van der Waals surface area contributed by atoms with Crippen LogP contribution in [0, 0.1) is 0 Å². The van der Waals surface area contributed by atoms with Crippen LogP contribution in [0.2, 0.25) is 0 Å². The normalized spacial score (nSPS) is 13.7. The largest absolute Gasteiger partial charge is 0.488 e. The second-order valence-corrected chi connectivity index (χ2v) is 13.3. The molecule has 4 rings (SSSR count). The highest BCUT2D eigenvalue weighted by Crippen LogP contribution is 2.38. The molecule has 5 nitrogen and oxygen atoms in total. The number of benzene rings is 4. The van der Waals surface area contributed by atoms with Gasteiger partial charge in [0, 0.05) is 11.1 Å². The van der Waals surface area contributed by atoms with E-state index in [1.54, 1.807) is 0 Å². The molecule has 0 aliphatic rings. The van der Waals surface area contributed by atoms with Crippen LogP contribution >= 0.6 is 0 Å². The highest BCUT2D eigenvalue weighted by Gasteiger charge is 2.29. The summed E-state index contributed by atoms with van der Waals surface area (Å²) in [5, 5.41) is 22.2. The summed E-state index contributed by atoms with van der Waals surface area (Å²) in [4.78, 5) is 0. The van der Waals surface area contributed by atoms with Gasteiger partial charge in [-0.2, -0.15) is 0 Å². The van der Waals surface area contributed by atoms with Crippen molar-refractivity contribution in [2.75, 3.05) is 0 Å². The number of rotatable bonds is 12. The van der Waals surface area contributed by atoms with Crippen LogP contribution in [-0.2, 0) is 0 Å². The maximum atomic E-state index is 11.5. The minimum absolute atomic E-state index is 0.395. The molecule has 0 saturated heterocycles. The molecule has 0 saturated carbocycles. The van der Waals surface area contributed by atoms with Gasteiger partial charge in [0.05, 0.1) is 0 Å². The smallest absolute Gasteiger partial charge is 0.126 e. The number of ether oxygens (including phenoxy) is 3. The third kappa shape index (κ3) is 9.09. The zero-order chi connectivity index (χ0) is 31.3. The van der Waals surface area contributed by atoms with E-state index in [9.17, 15) is 10.2 Å². The van der Waals surface area contributed by atoms with E-state index in [2.05, 4.69) is 27.7 Å². The standard InChI is InChI=1S/C38H46O5/c1-36(2,3)42-32-19-13-11-17-30(32)35(40)31-18-12-14-20-33(31)43-38(6,7)26-25-37(4,5)41-29-23-21-28(22-24-29)34(39)27-15-9-8-10-16-27/h8-24,34-35,39-40H,25-26H2,1-7H3. The first-order valence-electron chi connectivity index (χ1n) is 15.0.